The molecule has 0 aromatic heterocycles. The summed E-state index contributed by atoms with van der Waals surface area (Å²) in [6, 6.07) is 7.67. The van der Waals surface area contributed by atoms with Crippen molar-refractivity contribution in [3.8, 4) is 23.0 Å². The average molecular weight is 1000 g/mol. The number of aliphatic carboxylic acids is 2. The molecule has 2 aromatic carbocycles. The van der Waals surface area contributed by atoms with Crippen LogP contribution in [0.15, 0.2) is 71.9 Å². The van der Waals surface area contributed by atoms with Gasteiger partial charge in [-0.05, 0) is 126 Å². The van der Waals surface area contributed by atoms with E-state index in [2.05, 4.69) is 53.0 Å². The van der Waals surface area contributed by atoms with Crippen LogP contribution in [0.25, 0.3) is 12.3 Å². The molecule has 2 aromatic rings. The fraction of sp³-hybridized carbons (Fsp3) is 0.542. The maximum Gasteiger partial charge on any atom is 2.00 e. The summed E-state index contributed by atoms with van der Waals surface area (Å²) in [5, 5.41) is 39.8. The Morgan fingerprint density at radius 1 is 0.661 bits per heavy atom. The molecule has 2 aliphatic rings. The molecule has 0 bridgehead atoms. The molecule has 0 radical (unpaired) electrons. The van der Waals surface area contributed by atoms with Crippen molar-refractivity contribution in [3.05, 3.63) is 106 Å². The van der Waals surface area contributed by atoms with Gasteiger partial charge in [0.15, 0.2) is 0 Å². The molecule has 0 saturated heterocycles. The van der Waals surface area contributed by atoms with Crippen LogP contribution in [0.2, 0.25) is 0 Å². The Morgan fingerprint density at radius 2 is 1.02 bits per heavy atom. The molecule has 11 heteroatoms. The molecule has 10 nitrogen and oxygen atoms in total. The van der Waals surface area contributed by atoms with Crippen LogP contribution in [0, 0.1) is 11.8 Å². The standard InChI is InChI=1S/2C24H34O4.2H2N.Pt/c2*1-5-6-7-8-18-14-21(25)24(22(15-18)28-12-11-23(26)27)20-13-17(4)9-10-19(20)16(2)3;;;/h2*13-15,19-20,25H,2,5-12H2,1,3-4H3,(H,26,27);2*1H2;/q;;2*-1;+2. The van der Waals surface area contributed by atoms with Crippen LogP contribution in [0.4, 0.5) is 0 Å². The summed E-state index contributed by atoms with van der Waals surface area (Å²) in [4.78, 5) is 21.8. The van der Waals surface area contributed by atoms with Crippen molar-refractivity contribution in [3.63, 3.8) is 0 Å². The summed E-state index contributed by atoms with van der Waals surface area (Å²) in [6.07, 6.45) is 16.7. The van der Waals surface area contributed by atoms with Gasteiger partial charge >= 0.3 is 33.0 Å². The second-order valence-corrected chi connectivity index (χ2v) is 16.0. The number of aromatic hydroxyl groups is 2. The molecule has 4 unspecified atom stereocenters. The van der Waals surface area contributed by atoms with E-state index in [0.29, 0.717) is 11.5 Å². The number of allylic oxidation sites excluding steroid dienone is 6. The number of nitrogens with two attached hydrogens (primary N) is 2. The van der Waals surface area contributed by atoms with Gasteiger partial charge in [-0.2, -0.15) is 0 Å². The Morgan fingerprint density at radius 3 is 1.32 bits per heavy atom. The molecule has 8 N–H and O–H groups in total. The van der Waals surface area contributed by atoms with E-state index in [1.54, 1.807) is 0 Å². The molecule has 0 heterocycles. The van der Waals surface area contributed by atoms with Gasteiger partial charge in [0, 0.05) is 23.0 Å². The minimum absolute atomic E-state index is 0. The fourth-order valence-electron chi connectivity index (χ4n) is 8.00. The second-order valence-electron chi connectivity index (χ2n) is 16.0. The van der Waals surface area contributed by atoms with Crippen LogP contribution in [0.5, 0.6) is 23.0 Å². The zero-order valence-electron chi connectivity index (χ0n) is 36.4. The fourth-order valence-corrected chi connectivity index (χ4v) is 8.00. The first-order chi connectivity index (χ1) is 26.7. The number of carbonyl (C=O) groups is 2. The number of benzene rings is 2. The molecule has 4 atom stereocenters. The van der Waals surface area contributed by atoms with Crippen molar-refractivity contribution in [2.45, 2.75) is 143 Å². The molecule has 0 aliphatic heterocycles. The van der Waals surface area contributed by atoms with Crippen LogP contribution in [0.3, 0.4) is 0 Å². The molecule has 0 fully saturated rings. The maximum absolute atomic E-state index is 10.9. The van der Waals surface area contributed by atoms with Crippen LogP contribution in [-0.2, 0) is 43.5 Å². The third-order valence-electron chi connectivity index (χ3n) is 11.1. The summed E-state index contributed by atoms with van der Waals surface area (Å²) in [5.41, 5.74) is 8.37. The van der Waals surface area contributed by atoms with E-state index < -0.39 is 11.9 Å². The van der Waals surface area contributed by atoms with Crippen molar-refractivity contribution in [2.24, 2.45) is 11.8 Å². The van der Waals surface area contributed by atoms with Crippen molar-refractivity contribution in [2.75, 3.05) is 13.2 Å². The molecule has 0 spiro atoms. The molecule has 59 heavy (non-hydrogen) atoms. The van der Waals surface area contributed by atoms with Gasteiger partial charge in [0.25, 0.3) is 0 Å². The first-order valence-electron chi connectivity index (χ1n) is 20.7. The molecule has 4 rings (SSSR count). The smallest absolute Gasteiger partial charge is 0.693 e. The predicted molar refractivity (Wildman–Crippen MR) is 237 cm³/mol. The van der Waals surface area contributed by atoms with Gasteiger partial charge < -0.3 is 42.2 Å². The molecule has 0 saturated carbocycles. The van der Waals surface area contributed by atoms with E-state index in [0.717, 1.165) is 110 Å². The third kappa shape index (κ3) is 17.3. The van der Waals surface area contributed by atoms with E-state index in [1.807, 2.05) is 38.1 Å². The summed E-state index contributed by atoms with van der Waals surface area (Å²) in [7, 11) is 0. The normalized spacial score (nSPS) is 18.2. The van der Waals surface area contributed by atoms with Crippen molar-refractivity contribution >= 4 is 11.9 Å². The minimum Gasteiger partial charge on any atom is -0.693 e. The first kappa shape index (κ1) is 55.1. The van der Waals surface area contributed by atoms with Gasteiger partial charge in [0.2, 0.25) is 0 Å². The van der Waals surface area contributed by atoms with E-state index in [4.69, 9.17) is 19.7 Å². The number of unbranched alkanes of at least 4 members (excludes halogenated alkanes) is 4. The van der Waals surface area contributed by atoms with E-state index in [-0.39, 0.29) is 94.6 Å². The third-order valence-corrected chi connectivity index (χ3v) is 11.1. The quantitative estimate of drug-likeness (QED) is 0.0741. The average Bonchev–Trinajstić information content (AvgIpc) is 3.11. The molecular formula is C48H72N2O8Pt. The van der Waals surface area contributed by atoms with E-state index in [1.165, 1.54) is 11.1 Å². The van der Waals surface area contributed by atoms with E-state index in [9.17, 15) is 19.8 Å². The number of hydrogen-bond acceptors (Lipinski definition) is 6. The van der Waals surface area contributed by atoms with Gasteiger partial charge in [0.05, 0.1) is 26.1 Å². The largest absolute Gasteiger partial charge is 2.00 e. The molecule has 332 valence electrons. The number of carboxylic acids is 2. The Kier molecular flexibility index (Phi) is 26.0. The number of ether oxygens (including phenoxy) is 2. The number of phenolic OH excluding ortho intramolecular Hbond substituents is 2. The van der Waals surface area contributed by atoms with Gasteiger partial charge in [-0.25, -0.2) is 0 Å². The van der Waals surface area contributed by atoms with Gasteiger partial charge in [0.1, 0.15) is 23.0 Å². The van der Waals surface area contributed by atoms with Crippen molar-refractivity contribution in [1.29, 1.82) is 0 Å². The second kappa shape index (κ2) is 27.8. The Hall–Kier alpha value is -3.85. The number of carboxylic acid groups (broad SMARTS) is 2. The Balaban J connectivity index is 0.00000109. The van der Waals surface area contributed by atoms with Gasteiger partial charge in [-0.1, -0.05) is 87.1 Å². The number of rotatable bonds is 20. The topological polar surface area (TPSA) is 201 Å². The first-order valence-corrected chi connectivity index (χ1v) is 20.7. The number of aryl methyl sites for hydroxylation is 2. The molecular weight excluding hydrogens is 928 g/mol. The maximum atomic E-state index is 10.9. The van der Waals surface area contributed by atoms with Crippen LogP contribution < -0.4 is 9.47 Å². The number of hydrogen-bond donors (Lipinski definition) is 4. The Bertz CT molecular complexity index is 1610. The van der Waals surface area contributed by atoms with Crippen molar-refractivity contribution < 1.29 is 60.6 Å². The summed E-state index contributed by atoms with van der Waals surface area (Å²) in [5.74, 6) is 0.375. The van der Waals surface area contributed by atoms with Crippen LogP contribution in [0.1, 0.15) is 153 Å². The van der Waals surface area contributed by atoms with Gasteiger partial charge in [-0.3, -0.25) is 9.59 Å². The SMILES string of the molecule is C=C(C)C1CCC(C)=CC1c1c(O)cc(CCCCC)cc1OCCC(=O)O.C=C(C)C1CCC(C)=CC1c1c(O)cc(CCCCC)cc1OCCC(=O)O.[NH2-].[NH2-].[Pt+2]. The van der Waals surface area contributed by atoms with E-state index >= 15 is 0 Å². The molecule has 2 aliphatic carbocycles. The van der Waals surface area contributed by atoms with Crippen molar-refractivity contribution in [1.82, 2.24) is 0 Å². The summed E-state index contributed by atoms with van der Waals surface area (Å²) in [6.45, 7) is 21.1. The van der Waals surface area contributed by atoms with Crippen LogP contribution >= 0.6 is 0 Å². The predicted octanol–water partition coefficient (Wildman–Crippen LogP) is 13.4. The van der Waals surface area contributed by atoms with Crippen LogP contribution in [-0.4, -0.2) is 45.6 Å². The zero-order chi connectivity index (χ0) is 41.4. The summed E-state index contributed by atoms with van der Waals surface area (Å²) < 4.78 is 11.8. The Labute approximate surface area is 368 Å². The zero-order valence-corrected chi connectivity index (χ0v) is 38.7. The minimum atomic E-state index is -0.891. The number of phenols is 2. The monoisotopic (exact) mass is 999 g/mol. The summed E-state index contributed by atoms with van der Waals surface area (Å²) >= 11 is 0. The molecule has 0 amide bonds. The van der Waals surface area contributed by atoms with Gasteiger partial charge in [-0.15, -0.1) is 0 Å².